The van der Waals surface area contributed by atoms with Crippen LogP contribution in [0.2, 0.25) is 0 Å². The Morgan fingerprint density at radius 3 is 2.56 bits per heavy atom. The normalized spacial score (nSPS) is 18.5. The molecule has 2 atom stereocenters. The van der Waals surface area contributed by atoms with Crippen LogP contribution in [0.5, 0.6) is 0 Å². The Labute approximate surface area is 146 Å². The molecule has 2 N–H and O–H groups in total. The molecule has 3 rings (SSSR count). The van der Waals surface area contributed by atoms with E-state index in [1.54, 1.807) is 18.2 Å². The second-order valence-electron chi connectivity index (χ2n) is 6.57. The van der Waals surface area contributed by atoms with E-state index in [1.807, 2.05) is 32.0 Å². The molecule has 2 unspecified atom stereocenters. The lowest BCUT2D eigenvalue weighted by molar-refractivity contribution is -0.125. The van der Waals surface area contributed by atoms with Gasteiger partial charge in [-0.3, -0.25) is 9.59 Å². The molecule has 130 valence electrons. The summed E-state index contributed by atoms with van der Waals surface area (Å²) in [7, 11) is 0. The molecule has 0 saturated heterocycles. The van der Waals surface area contributed by atoms with Crippen LogP contribution in [0.15, 0.2) is 42.5 Å². The fourth-order valence-electron chi connectivity index (χ4n) is 2.83. The number of hydrogen-bond donors (Lipinski definition) is 2. The van der Waals surface area contributed by atoms with Crippen molar-refractivity contribution in [2.45, 2.75) is 26.8 Å². The van der Waals surface area contributed by atoms with E-state index < -0.39 is 0 Å². The smallest absolute Gasteiger partial charge is 0.228 e. The number of rotatable bonds is 5. The van der Waals surface area contributed by atoms with Gasteiger partial charge in [-0.15, -0.1) is 0 Å². The fourth-order valence-corrected chi connectivity index (χ4v) is 2.83. The van der Waals surface area contributed by atoms with Crippen LogP contribution in [-0.4, -0.2) is 11.8 Å². The highest BCUT2D eigenvalue weighted by molar-refractivity contribution is 5.99. The molecular weight excluding hydrogens is 319 g/mol. The molecular formula is C20H21FN2O2. The first-order valence-electron chi connectivity index (χ1n) is 8.35. The highest BCUT2D eigenvalue weighted by atomic mass is 19.1. The zero-order chi connectivity index (χ0) is 18.0. The number of halogens is 1. The molecule has 4 nitrogen and oxygen atoms in total. The van der Waals surface area contributed by atoms with Gasteiger partial charge in [0.2, 0.25) is 11.8 Å². The topological polar surface area (TPSA) is 58.2 Å². The first-order valence-corrected chi connectivity index (χ1v) is 8.35. The van der Waals surface area contributed by atoms with Crippen LogP contribution in [-0.2, 0) is 16.1 Å². The monoisotopic (exact) mass is 340 g/mol. The van der Waals surface area contributed by atoms with Gasteiger partial charge in [0.1, 0.15) is 5.82 Å². The molecule has 0 heterocycles. The average molecular weight is 340 g/mol. The number of benzene rings is 2. The van der Waals surface area contributed by atoms with Crippen LogP contribution in [0.3, 0.4) is 0 Å². The van der Waals surface area contributed by atoms with Crippen molar-refractivity contribution in [2.75, 3.05) is 5.32 Å². The number of aryl methyl sites for hydroxylation is 2. The molecule has 0 aliphatic heterocycles. The Morgan fingerprint density at radius 2 is 1.80 bits per heavy atom. The maximum absolute atomic E-state index is 13.6. The van der Waals surface area contributed by atoms with Crippen molar-refractivity contribution in [1.82, 2.24) is 5.32 Å². The van der Waals surface area contributed by atoms with E-state index >= 15 is 0 Å². The molecule has 25 heavy (non-hydrogen) atoms. The quantitative estimate of drug-likeness (QED) is 0.877. The number of carbonyl (C=O) groups excluding carboxylic acids is 2. The van der Waals surface area contributed by atoms with E-state index in [2.05, 4.69) is 10.6 Å². The highest BCUT2D eigenvalue weighted by Gasteiger charge is 2.48. The summed E-state index contributed by atoms with van der Waals surface area (Å²) in [5.41, 5.74) is 3.27. The van der Waals surface area contributed by atoms with Crippen molar-refractivity contribution >= 4 is 17.5 Å². The van der Waals surface area contributed by atoms with Crippen molar-refractivity contribution in [3.63, 3.8) is 0 Å². The molecule has 2 aromatic carbocycles. The summed E-state index contributed by atoms with van der Waals surface area (Å²) in [5.74, 6) is -1.34. The summed E-state index contributed by atoms with van der Waals surface area (Å²) in [5, 5.41) is 5.61. The molecule has 5 heteroatoms. The second-order valence-corrected chi connectivity index (χ2v) is 6.57. The lowest BCUT2D eigenvalue weighted by Gasteiger charge is -2.09. The molecule has 2 aromatic rings. The van der Waals surface area contributed by atoms with E-state index in [-0.39, 0.29) is 36.0 Å². The summed E-state index contributed by atoms with van der Waals surface area (Å²) >= 11 is 0. The Hall–Kier alpha value is -2.69. The second kappa shape index (κ2) is 7.05. The largest absolute Gasteiger partial charge is 0.352 e. The Balaban J connectivity index is 1.53. The van der Waals surface area contributed by atoms with Gasteiger partial charge in [-0.2, -0.15) is 0 Å². The van der Waals surface area contributed by atoms with Gasteiger partial charge in [0.15, 0.2) is 0 Å². The van der Waals surface area contributed by atoms with Crippen molar-refractivity contribution in [1.29, 1.82) is 0 Å². The molecule has 2 amide bonds. The Bertz CT molecular complexity index is 819. The van der Waals surface area contributed by atoms with Crippen LogP contribution in [0.1, 0.15) is 23.1 Å². The van der Waals surface area contributed by atoms with Crippen molar-refractivity contribution in [3.05, 3.63) is 65.0 Å². The standard InChI is InChI=1S/C20H21FN2O2/c1-12-7-8-13(2)18(9-12)23-20(25)16-10-15(16)19(24)22-11-14-5-3-4-6-17(14)21/h3-9,15-16H,10-11H2,1-2H3,(H,22,24)(H,23,25). The van der Waals surface area contributed by atoms with E-state index in [0.29, 0.717) is 12.0 Å². The summed E-state index contributed by atoms with van der Waals surface area (Å²) in [4.78, 5) is 24.5. The minimum atomic E-state index is -0.345. The lowest BCUT2D eigenvalue weighted by atomic mass is 10.1. The van der Waals surface area contributed by atoms with Gasteiger partial charge in [-0.05, 0) is 43.5 Å². The Morgan fingerprint density at radius 1 is 1.08 bits per heavy atom. The number of nitrogens with one attached hydrogen (secondary N) is 2. The van der Waals surface area contributed by atoms with Gasteiger partial charge in [-0.1, -0.05) is 30.3 Å². The van der Waals surface area contributed by atoms with E-state index in [0.717, 1.165) is 16.8 Å². The maximum Gasteiger partial charge on any atom is 0.228 e. The summed E-state index contributed by atoms with van der Waals surface area (Å²) < 4.78 is 13.6. The maximum atomic E-state index is 13.6. The zero-order valence-corrected chi connectivity index (χ0v) is 14.3. The number of carbonyl (C=O) groups is 2. The lowest BCUT2D eigenvalue weighted by Crippen LogP contribution is -2.27. The first kappa shape index (κ1) is 17.1. The third-order valence-corrected chi connectivity index (χ3v) is 4.53. The van der Waals surface area contributed by atoms with Gasteiger partial charge in [0.25, 0.3) is 0 Å². The predicted octanol–water partition coefficient (Wildman–Crippen LogP) is 3.33. The van der Waals surface area contributed by atoms with Gasteiger partial charge in [-0.25, -0.2) is 4.39 Å². The van der Waals surface area contributed by atoms with Crippen LogP contribution in [0.4, 0.5) is 10.1 Å². The SMILES string of the molecule is Cc1ccc(C)c(NC(=O)C2CC2C(=O)NCc2ccccc2F)c1. The molecule has 0 radical (unpaired) electrons. The first-order chi connectivity index (χ1) is 12.0. The van der Waals surface area contributed by atoms with E-state index in [1.165, 1.54) is 6.07 Å². The predicted molar refractivity (Wildman–Crippen MR) is 94.4 cm³/mol. The van der Waals surface area contributed by atoms with Crippen LogP contribution < -0.4 is 10.6 Å². The highest BCUT2D eigenvalue weighted by Crippen LogP contribution is 2.39. The van der Waals surface area contributed by atoms with E-state index in [4.69, 9.17) is 0 Å². The van der Waals surface area contributed by atoms with Gasteiger partial charge >= 0.3 is 0 Å². The van der Waals surface area contributed by atoms with Crippen LogP contribution in [0.25, 0.3) is 0 Å². The molecule has 1 aliphatic carbocycles. The van der Waals surface area contributed by atoms with Crippen molar-refractivity contribution in [2.24, 2.45) is 11.8 Å². The number of hydrogen-bond acceptors (Lipinski definition) is 2. The summed E-state index contributed by atoms with van der Waals surface area (Å²) in [6.07, 6.45) is 0.528. The van der Waals surface area contributed by atoms with Crippen molar-refractivity contribution < 1.29 is 14.0 Å². The average Bonchev–Trinajstić information content (AvgIpc) is 3.38. The summed E-state index contributed by atoms with van der Waals surface area (Å²) in [6.45, 7) is 4.03. The summed E-state index contributed by atoms with van der Waals surface area (Å²) in [6, 6.07) is 12.2. The van der Waals surface area contributed by atoms with Gasteiger partial charge < -0.3 is 10.6 Å². The Kier molecular flexibility index (Phi) is 4.83. The molecule has 0 aromatic heterocycles. The third-order valence-electron chi connectivity index (χ3n) is 4.53. The fraction of sp³-hybridized carbons (Fsp3) is 0.300. The van der Waals surface area contributed by atoms with Crippen LogP contribution >= 0.6 is 0 Å². The molecule has 0 spiro atoms. The van der Waals surface area contributed by atoms with Gasteiger partial charge in [0.05, 0.1) is 11.8 Å². The third kappa shape index (κ3) is 4.05. The molecule has 1 saturated carbocycles. The number of amides is 2. The number of anilines is 1. The minimum Gasteiger partial charge on any atom is -0.352 e. The van der Waals surface area contributed by atoms with Gasteiger partial charge in [0, 0.05) is 17.8 Å². The van der Waals surface area contributed by atoms with E-state index in [9.17, 15) is 14.0 Å². The zero-order valence-electron chi connectivity index (χ0n) is 14.3. The van der Waals surface area contributed by atoms with Crippen LogP contribution in [0, 0.1) is 31.5 Å². The molecule has 1 fully saturated rings. The van der Waals surface area contributed by atoms with Crippen molar-refractivity contribution in [3.8, 4) is 0 Å². The molecule has 1 aliphatic rings. The minimum absolute atomic E-state index is 0.132. The molecule has 0 bridgehead atoms.